The molecular weight excluding hydrogens is 114 g/mol. The predicted octanol–water partition coefficient (Wildman–Crippen LogP) is 0.494. The van der Waals surface area contributed by atoms with Crippen LogP contribution < -0.4 is 5.73 Å². The topological polar surface area (TPSA) is 49.8 Å². The van der Waals surface area contributed by atoms with Crippen LogP contribution in [0, 0.1) is 11.3 Å². The van der Waals surface area contributed by atoms with Crippen LogP contribution in [-0.2, 0) is 0 Å². The molecule has 0 amide bonds. The minimum absolute atomic E-state index is 0.749. The summed E-state index contributed by atoms with van der Waals surface area (Å²) in [5, 5.41) is 7.75. The van der Waals surface area contributed by atoms with Crippen molar-refractivity contribution in [3.05, 3.63) is 0 Å². The first-order valence-corrected chi connectivity index (χ1v) is 2.07. The Morgan fingerprint density at radius 2 is 2.12 bits per heavy atom. The van der Waals surface area contributed by atoms with E-state index in [9.17, 15) is 8.78 Å². The Hall–Kier alpha value is -0.690. The number of hydrogen-bond acceptors (Lipinski definition) is 2. The van der Waals surface area contributed by atoms with Crippen molar-refractivity contribution in [2.24, 2.45) is 5.73 Å². The Kier molecular flexibility index (Phi) is 2.35. The number of rotatable bonds is 2. The van der Waals surface area contributed by atoms with Gasteiger partial charge in [0, 0.05) is 0 Å². The van der Waals surface area contributed by atoms with E-state index < -0.39 is 18.9 Å². The molecule has 0 rings (SSSR count). The first-order valence-electron chi connectivity index (χ1n) is 2.07. The highest BCUT2D eigenvalue weighted by Gasteiger charge is 2.25. The molecule has 0 unspecified atom stereocenters. The number of hydrogen-bond donors (Lipinski definition) is 1. The van der Waals surface area contributed by atoms with E-state index in [0.717, 1.165) is 0 Å². The van der Waals surface area contributed by atoms with Gasteiger partial charge in [0.2, 0.25) is 0 Å². The second-order valence-electron chi connectivity index (χ2n) is 1.39. The molecule has 0 aliphatic heterocycles. The molecule has 0 radical (unpaired) electrons. The minimum atomic E-state index is -2.99. The van der Waals surface area contributed by atoms with E-state index in [1.54, 1.807) is 0 Å². The molecule has 0 heterocycles. The quantitative estimate of drug-likeness (QED) is 0.576. The zero-order valence-electron chi connectivity index (χ0n) is 4.19. The van der Waals surface area contributed by atoms with Crippen molar-refractivity contribution < 1.29 is 8.78 Å². The molecule has 46 valence electrons. The zero-order valence-corrected chi connectivity index (χ0v) is 4.19. The molecule has 0 aromatic carbocycles. The normalized spacial score (nSPS) is 10.8. The van der Waals surface area contributed by atoms with Crippen LogP contribution in [0.3, 0.4) is 0 Å². The molecule has 0 fully saturated rings. The Labute approximate surface area is 45.9 Å². The van der Waals surface area contributed by atoms with Crippen LogP contribution in [0.15, 0.2) is 0 Å². The Bertz CT molecular complexity index is 105. The molecule has 0 aromatic rings. The predicted molar refractivity (Wildman–Crippen MR) is 24.2 cm³/mol. The van der Waals surface area contributed by atoms with E-state index in [-0.39, 0.29) is 0 Å². The van der Waals surface area contributed by atoms with E-state index in [2.05, 4.69) is 5.73 Å². The van der Waals surface area contributed by atoms with Crippen LogP contribution in [-0.4, -0.2) is 12.5 Å². The van der Waals surface area contributed by atoms with Gasteiger partial charge in [-0.25, -0.2) is 8.78 Å². The summed E-state index contributed by atoms with van der Waals surface area (Å²) in [6, 6.07) is 1.33. The summed E-state index contributed by atoms with van der Waals surface area (Å²) in [5.74, 6) is -2.99. The fraction of sp³-hybridized carbons (Fsp3) is 0.750. The monoisotopic (exact) mass is 120 g/mol. The average molecular weight is 120 g/mol. The molecule has 0 aromatic heterocycles. The zero-order chi connectivity index (χ0) is 6.62. The first-order chi connectivity index (χ1) is 3.62. The third-order valence-corrected chi connectivity index (χ3v) is 0.636. The van der Waals surface area contributed by atoms with Crippen molar-refractivity contribution in [3.63, 3.8) is 0 Å². The molecule has 8 heavy (non-hydrogen) atoms. The number of alkyl halides is 2. The van der Waals surface area contributed by atoms with Gasteiger partial charge in [-0.2, -0.15) is 5.26 Å². The maximum absolute atomic E-state index is 11.8. The van der Waals surface area contributed by atoms with Crippen LogP contribution in [0.25, 0.3) is 0 Å². The van der Waals surface area contributed by atoms with Crippen LogP contribution in [0.1, 0.15) is 6.42 Å². The number of nitrogens with two attached hydrogens (primary N) is 1. The molecule has 0 saturated heterocycles. The number of nitriles is 1. The maximum atomic E-state index is 11.8. The van der Waals surface area contributed by atoms with E-state index >= 15 is 0 Å². The van der Waals surface area contributed by atoms with Crippen molar-refractivity contribution >= 4 is 0 Å². The fourth-order valence-electron chi connectivity index (χ4n) is 0.188. The van der Waals surface area contributed by atoms with Crippen molar-refractivity contribution in [1.82, 2.24) is 0 Å². The smallest absolute Gasteiger partial charge is 0.272 e. The number of halogens is 2. The van der Waals surface area contributed by atoms with E-state index in [4.69, 9.17) is 5.26 Å². The van der Waals surface area contributed by atoms with Crippen molar-refractivity contribution in [2.75, 3.05) is 6.54 Å². The van der Waals surface area contributed by atoms with Gasteiger partial charge in [0.05, 0.1) is 12.6 Å². The summed E-state index contributed by atoms with van der Waals surface area (Å²) in [5.41, 5.74) is 4.59. The molecule has 0 bridgehead atoms. The summed E-state index contributed by atoms with van der Waals surface area (Å²) in [4.78, 5) is 0. The van der Waals surface area contributed by atoms with Crippen LogP contribution in [0.5, 0.6) is 0 Å². The van der Waals surface area contributed by atoms with Gasteiger partial charge in [0.1, 0.15) is 6.42 Å². The molecule has 4 heteroatoms. The van der Waals surface area contributed by atoms with Gasteiger partial charge in [0.15, 0.2) is 0 Å². The third-order valence-electron chi connectivity index (χ3n) is 0.636. The average Bonchev–Trinajstić information content (AvgIpc) is 1.67. The van der Waals surface area contributed by atoms with Gasteiger partial charge in [-0.05, 0) is 0 Å². The van der Waals surface area contributed by atoms with E-state index in [0.29, 0.717) is 0 Å². The molecule has 2 N–H and O–H groups in total. The van der Waals surface area contributed by atoms with Gasteiger partial charge in [-0.1, -0.05) is 0 Å². The van der Waals surface area contributed by atoms with E-state index in [1.165, 1.54) is 6.07 Å². The summed E-state index contributed by atoms with van der Waals surface area (Å²) >= 11 is 0. The number of nitrogens with zero attached hydrogens (tertiary/aromatic N) is 1. The Morgan fingerprint density at radius 3 is 2.25 bits per heavy atom. The van der Waals surface area contributed by atoms with Gasteiger partial charge in [-0.15, -0.1) is 0 Å². The lowest BCUT2D eigenvalue weighted by Crippen LogP contribution is -2.26. The summed E-state index contributed by atoms with van der Waals surface area (Å²) in [6.45, 7) is -0.749. The third kappa shape index (κ3) is 2.48. The highest BCUT2D eigenvalue weighted by atomic mass is 19.3. The summed E-state index contributed by atoms with van der Waals surface area (Å²) in [6.07, 6.45) is -0.788. The molecule has 0 atom stereocenters. The molecule has 0 spiro atoms. The van der Waals surface area contributed by atoms with Gasteiger partial charge >= 0.3 is 0 Å². The Morgan fingerprint density at radius 1 is 1.62 bits per heavy atom. The Balaban J connectivity index is 3.58. The lowest BCUT2D eigenvalue weighted by molar-refractivity contribution is 0.0161. The van der Waals surface area contributed by atoms with Crippen molar-refractivity contribution in [2.45, 2.75) is 12.3 Å². The standard InChI is InChI=1S/C4H6F2N2/c5-4(6,3-8)1-2-7/h1,3,8H2. The highest BCUT2D eigenvalue weighted by Crippen LogP contribution is 2.14. The van der Waals surface area contributed by atoms with Crippen LogP contribution >= 0.6 is 0 Å². The van der Waals surface area contributed by atoms with E-state index in [1.807, 2.05) is 0 Å². The molecular formula is C4H6F2N2. The molecule has 0 aliphatic carbocycles. The summed E-state index contributed by atoms with van der Waals surface area (Å²) < 4.78 is 23.6. The second kappa shape index (κ2) is 2.58. The SMILES string of the molecule is N#CCC(F)(F)CN. The lowest BCUT2D eigenvalue weighted by Gasteiger charge is -2.06. The van der Waals surface area contributed by atoms with Crippen LogP contribution in [0.2, 0.25) is 0 Å². The maximum Gasteiger partial charge on any atom is 0.272 e. The van der Waals surface area contributed by atoms with Crippen molar-refractivity contribution in [1.29, 1.82) is 5.26 Å². The van der Waals surface area contributed by atoms with Gasteiger partial charge in [-0.3, -0.25) is 0 Å². The molecule has 0 saturated carbocycles. The molecule has 0 aliphatic rings. The highest BCUT2D eigenvalue weighted by molar-refractivity contribution is 4.81. The fourth-order valence-corrected chi connectivity index (χ4v) is 0.188. The first kappa shape index (κ1) is 7.31. The summed E-state index contributed by atoms with van der Waals surface area (Å²) in [7, 11) is 0. The molecule has 2 nitrogen and oxygen atoms in total. The minimum Gasteiger partial charge on any atom is -0.325 e. The van der Waals surface area contributed by atoms with Gasteiger partial charge in [0.25, 0.3) is 5.92 Å². The lowest BCUT2D eigenvalue weighted by atomic mass is 10.3. The van der Waals surface area contributed by atoms with Crippen LogP contribution in [0.4, 0.5) is 8.78 Å². The largest absolute Gasteiger partial charge is 0.325 e. The second-order valence-corrected chi connectivity index (χ2v) is 1.39. The van der Waals surface area contributed by atoms with Crippen molar-refractivity contribution in [3.8, 4) is 6.07 Å². The van der Waals surface area contributed by atoms with Gasteiger partial charge < -0.3 is 5.73 Å².